The fourth-order valence-electron chi connectivity index (χ4n) is 3.63. The van der Waals surface area contributed by atoms with Crippen molar-refractivity contribution in [2.75, 3.05) is 13.2 Å². The van der Waals surface area contributed by atoms with E-state index in [2.05, 4.69) is 6.92 Å². The van der Waals surface area contributed by atoms with Gasteiger partial charge in [-0.2, -0.15) is 0 Å². The SMILES string of the molecule is CCCCOc1cc(-c2c(C(C)(C)O)oc(=O)c3ccccc23)ccc1OCC1CC1. The Morgan fingerprint density at radius 3 is 2.48 bits per heavy atom. The molecule has 164 valence electrons. The molecule has 0 bridgehead atoms. The summed E-state index contributed by atoms with van der Waals surface area (Å²) in [6, 6.07) is 13.1. The van der Waals surface area contributed by atoms with Gasteiger partial charge in [0.15, 0.2) is 11.5 Å². The van der Waals surface area contributed by atoms with E-state index in [1.807, 2.05) is 30.3 Å². The van der Waals surface area contributed by atoms with Crippen LogP contribution in [0.5, 0.6) is 11.5 Å². The smallest absolute Gasteiger partial charge is 0.343 e. The van der Waals surface area contributed by atoms with Crippen molar-refractivity contribution < 1.29 is 19.0 Å². The number of aliphatic hydroxyl groups is 1. The van der Waals surface area contributed by atoms with Gasteiger partial charge in [-0.3, -0.25) is 0 Å². The Bertz CT molecular complexity index is 1120. The minimum absolute atomic E-state index is 0.238. The molecule has 1 aromatic heterocycles. The molecule has 1 heterocycles. The summed E-state index contributed by atoms with van der Waals surface area (Å²) in [6.07, 6.45) is 4.42. The minimum atomic E-state index is -1.33. The van der Waals surface area contributed by atoms with Gasteiger partial charge in [0, 0.05) is 10.9 Å². The largest absolute Gasteiger partial charge is 0.490 e. The van der Waals surface area contributed by atoms with Crippen molar-refractivity contribution >= 4 is 10.8 Å². The summed E-state index contributed by atoms with van der Waals surface area (Å²) < 4.78 is 17.7. The fourth-order valence-corrected chi connectivity index (χ4v) is 3.63. The van der Waals surface area contributed by atoms with Crippen LogP contribution in [0.1, 0.15) is 52.2 Å². The van der Waals surface area contributed by atoms with Gasteiger partial charge in [-0.1, -0.05) is 37.6 Å². The Morgan fingerprint density at radius 2 is 1.81 bits per heavy atom. The van der Waals surface area contributed by atoms with Crippen LogP contribution in [0.15, 0.2) is 51.7 Å². The summed E-state index contributed by atoms with van der Waals surface area (Å²) in [7, 11) is 0. The average Bonchev–Trinajstić information content (AvgIpc) is 3.57. The number of ether oxygens (including phenoxy) is 2. The highest BCUT2D eigenvalue weighted by molar-refractivity contribution is 5.97. The Hall–Kier alpha value is -2.79. The molecule has 3 aromatic rings. The zero-order valence-corrected chi connectivity index (χ0v) is 18.4. The zero-order chi connectivity index (χ0) is 22.0. The van der Waals surface area contributed by atoms with E-state index in [0.717, 1.165) is 29.5 Å². The quantitative estimate of drug-likeness (QED) is 0.451. The molecule has 1 saturated carbocycles. The highest BCUT2D eigenvalue weighted by Gasteiger charge is 2.28. The molecule has 1 aliphatic carbocycles. The standard InChI is InChI=1S/C26H30O5/c1-4-5-14-29-22-15-18(12-13-21(22)30-16-17-10-11-17)23-19-8-6-7-9-20(19)25(27)31-24(23)26(2,3)28/h6-9,12-13,15,17,28H,4-5,10-11,14,16H2,1-3H3. The molecule has 31 heavy (non-hydrogen) atoms. The third kappa shape index (κ3) is 4.77. The van der Waals surface area contributed by atoms with Crippen molar-refractivity contribution in [1.82, 2.24) is 0 Å². The van der Waals surface area contributed by atoms with Gasteiger partial charge in [0.2, 0.25) is 0 Å². The lowest BCUT2D eigenvalue weighted by Crippen LogP contribution is -2.20. The Labute approximate surface area is 182 Å². The molecule has 1 fully saturated rings. The van der Waals surface area contributed by atoms with E-state index in [4.69, 9.17) is 13.9 Å². The second kappa shape index (κ2) is 8.75. The lowest BCUT2D eigenvalue weighted by molar-refractivity contribution is 0.0521. The molecule has 5 heteroatoms. The van der Waals surface area contributed by atoms with Crippen LogP contribution in [0.3, 0.4) is 0 Å². The van der Waals surface area contributed by atoms with Crippen molar-refractivity contribution in [3.8, 4) is 22.6 Å². The van der Waals surface area contributed by atoms with Crippen molar-refractivity contribution in [3.63, 3.8) is 0 Å². The van der Waals surface area contributed by atoms with Crippen LogP contribution in [-0.4, -0.2) is 18.3 Å². The molecule has 1 aliphatic rings. The summed E-state index contributed by atoms with van der Waals surface area (Å²) in [5.41, 5.74) is -0.289. The van der Waals surface area contributed by atoms with Gasteiger partial charge in [-0.25, -0.2) is 4.79 Å². The number of benzene rings is 2. The average molecular weight is 423 g/mol. The number of fused-ring (bicyclic) bond motifs is 1. The minimum Gasteiger partial charge on any atom is -0.490 e. The molecule has 0 aliphatic heterocycles. The van der Waals surface area contributed by atoms with Gasteiger partial charge in [-0.15, -0.1) is 0 Å². The van der Waals surface area contributed by atoms with Gasteiger partial charge in [0.25, 0.3) is 0 Å². The van der Waals surface area contributed by atoms with Gasteiger partial charge < -0.3 is 19.0 Å². The lowest BCUT2D eigenvalue weighted by atomic mass is 9.92. The monoisotopic (exact) mass is 422 g/mol. The fraction of sp³-hybridized carbons (Fsp3) is 0.423. The van der Waals surface area contributed by atoms with Crippen LogP contribution in [0, 0.1) is 5.92 Å². The van der Waals surface area contributed by atoms with E-state index < -0.39 is 11.2 Å². The molecular formula is C26H30O5. The van der Waals surface area contributed by atoms with E-state index >= 15 is 0 Å². The van der Waals surface area contributed by atoms with Crippen molar-refractivity contribution in [1.29, 1.82) is 0 Å². The van der Waals surface area contributed by atoms with E-state index in [0.29, 0.717) is 35.8 Å². The van der Waals surface area contributed by atoms with Crippen LogP contribution in [0.4, 0.5) is 0 Å². The summed E-state index contributed by atoms with van der Waals surface area (Å²) in [6.45, 7) is 6.66. The third-order valence-electron chi connectivity index (χ3n) is 5.55. The highest BCUT2D eigenvalue weighted by atomic mass is 16.5. The van der Waals surface area contributed by atoms with Crippen LogP contribution in [0.2, 0.25) is 0 Å². The summed E-state index contributed by atoms with van der Waals surface area (Å²) in [5.74, 6) is 2.27. The molecule has 4 rings (SSSR count). The maximum Gasteiger partial charge on any atom is 0.343 e. The number of rotatable bonds is 9. The molecule has 2 aromatic carbocycles. The lowest BCUT2D eigenvalue weighted by Gasteiger charge is -2.22. The van der Waals surface area contributed by atoms with Crippen LogP contribution in [0.25, 0.3) is 21.9 Å². The first-order chi connectivity index (χ1) is 14.9. The molecule has 0 amide bonds. The topological polar surface area (TPSA) is 68.9 Å². The highest BCUT2D eigenvalue weighted by Crippen LogP contribution is 2.40. The Balaban J connectivity index is 1.85. The molecule has 0 radical (unpaired) electrons. The van der Waals surface area contributed by atoms with E-state index in [9.17, 15) is 9.90 Å². The number of hydrogen-bond acceptors (Lipinski definition) is 5. The molecule has 0 atom stereocenters. The second-order valence-electron chi connectivity index (χ2n) is 8.82. The van der Waals surface area contributed by atoms with E-state index in [1.165, 1.54) is 12.8 Å². The number of hydrogen-bond donors (Lipinski definition) is 1. The number of unbranched alkanes of at least 4 members (excludes halogenated alkanes) is 1. The van der Waals surface area contributed by atoms with Crippen molar-refractivity contribution in [3.05, 3.63) is 58.6 Å². The van der Waals surface area contributed by atoms with E-state index in [-0.39, 0.29) is 5.76 Å². The molecule has 5 nitrogen and oxygen atoms in total. The maximum atomic E-state index is 12.6. The second-order valence-corrected chi connectivity index (χ2v) is 8.82. The van der Waals surface area contributed by atoms with Gasteiger partial charge in [0.05, 0.1) is 18.6 Å². The summed E-state index contributed by atoms with van der Waals surface area (Å²) >= 11 is 0. The molecule has 0 unspecified atom stereocenters. The van der Waals surface area contributed by atoms with E-state index in [1.54, 1.807) is 26.0 Å². The molecule has 0 saturated heterocycles. The van der Waals surface area contributed by atoms with Crippen molar-refractivity contribution in [2.45, 2.75) is 52.1 Å². The summed E-state index contributed by atoms with van der Waals surface area (Å²) in [5, 5.41) is 12.0. The predicted octanol–water partition coefficient (Wildman–Crippen LogP) is 5.66. The Kier molecular flexibility index (Phi) is 6.05. The first-order valence-electron chi connectivity index (χ1n) is 11.1. The molecule has 1 N–H and O–H groups in total. The van der Waals surface area contributed by atoms with Gasteiger partial charge in [0.1, 0.15) is 11.4 Å². The van der Waals surface area contributed by atoms with Crippen molar-refractivity contribution in [2.24, 2.45) is 5.92 Å². The van der Waals surface area contributed by atoms with Crippen LogP contribution in [-0.2, 0) is 5.60 Å². The van der Waals surface area contributed by atoms with Gasteiger partial charge >= 0.3 is 5.63 Å². The maximum absolute atomic E-state index is 12.6. The zero-order valence-electron chi connectivity index (χ0n) is 18.4. The molecular weight excluding hydrogens is 392 g/mol. The first-order valence-corrected chi connectivity index (χ1v) is 11.1. The molecule has 0 spiro atoms. The first kappa shape index (κ1) is 21.4. The third-order valence-corrected chi connectivity index (χ3v) is 5.55. The van der Waals surface area contributed by atoms with Crippen LogP contribution < -0.4 is 15.1 Å². The van der Waals surface area contributed by atoms with Gasteiger partial charge in [-0.05, 0) is 62.8 Å². The summed E-state index contributed by atoms with van der Waals surface area (Å²) in [4.78, 5) is 12.6. The van der Waals surface area contributed by atoms with Crippen LogP contribution >= 0.6 is 0 Å². The normalized spacial score (nSPS) is 14.1. The Morgan fingerprint density at radius 1 is 1.06 bits per heavy atom. The predicted molar refractivity (Wildman–Crippen MR) is 122 cm³/mol.